The molecule has 0 bridgehead atoms. The monoisotopic (exact) mass is 295 g/mol. The van der Waals surface area contributed by atoms with Crippen molar-refractivity contribution in [1.82, 2.24) is 9.97 Å². The summed E-state index contributed by atoms with van der Waals surface area (Å²) in [6, 6.07) is 13.9. The zero-order valence-corrected chi connectivity index (χ0v) is 11.6. The molecule has 110 valence electrons. The Labute approximate surface area is 125 Å². The molecule has 3 rings (SSSR count). The molecule has 7 heteroatoms. The molecule has 1 heterocycles. The molecule has 0 radical (unpaired) electrons. The Morgan fingerprint density at radius 3 is 2.82 bits per heavy atom. The van der Waals surface area contributed by atoms with Crippen LogP contribution < -0.4 is 5.84 Å². The van der Waals surface area contributed by atoms with Crippen LogP contribution in [0.15, 0.2) is 53.6 Å². The van der Waals surface area contributed by atoms with E-state index in [0.29, 0.717) is 23.5 Å². The van der Waals surface area contributed by atoms with Crippen molar-refractivity contribution in [2.45, 2.75) is 6.42 Å². The van der Waals surface area contributed by atoms with Gasteiger partial charge in [0.1, 0.15) is 5.82 Å². The Morgan fingerprint density at radius 2 is 2.09 bits per heavy atom. The molecular weight excluding hydrogens is 282 g/mol. The van der Waals surface area contributed by atoms with E-state index in [1.807, 2.05) is 24.3 Å². The van der Waals surface area contributed by atoms with Gasteiger partial charge in [0.2, 0.25) is 0 Å². The van der Waals surface area contributed by atoms with Gasteiger partial charge in [-0.15, -0.1) is 0 Å². The Hall–Kier alpha value is -3.22. The number of para-hydroxylation sites is 2. The van der Waals surface area contributed by atoms with E-state index in [-0.39, 0.29) is 5.69 Å². The van der Waals surface area contributed by atoms with Crippen molar-refractivity contribution in [3.63, 3.8) is 0 Å². The number of nitro benzene ring substituents is 1. The van der Waals surface area contributed by atoms with Crippen molar-refractivity contribution in [2.24, 2.45) is 10.9 Å². The standard InChI is InChI=1S/C15H13N5O2/c16-19-14(10-4-3-5-11(8-10)20(21)22)9-15-17-12-6-1-2-7-13(12)18-15/h1-8H,9,16H2,(H,17,18)/b19-14-. The van der Waals surface area contributed by atoms with Crippen LogP contribution in [0.3, 0.4) is 0 Å². The molecule has 0 saturated heterocycles. The fourth-order valence-electron chi connectivity index (χ4n) is 2.27. The molecule has 1 aromatic heterocycles. The third kappa shape index (κ3) is 2.64. The van der Waals surface area contributed by atoms with Gasteiger partial charge in [-0.1, -0.05) is 24.3 Å². The van der Waals surface area contributed by atoms with Gasteiger partial charge in [-0.2, -0.15) is 5.10 Å². The Kier molecular flexibility index (Phi) is 3.53. The summed E-state index contributed by atoms with van der Waals surface area (Å²) in [5.74, 6) is 6.15. The maximum absolute atomic E-state index is 10.9. The average molecular weight is 295 g/mol. The number of nitro groups is 1. The summed E-state index contributed by atoms with van der Waals surface area (Å²) in [6.45, 7) is 0. The van der Waals surface area contributed by atoms with E-state index in [4.69, 9.17) is 5.84 Å². The van der Waals surface area contributed by atoms with Crippen molar-refractivity contribution in [1.29, 1.82) is 0 Å². The first-order chi connectivity index (χ1) is 10.7. The average Bonchev–Trinajstić information content (AvgIpc) is 2.95. The van der Waals surface area contributed by atoms with Crippen molar-refractivity contribution >= 4 is 22.4 Å². The fraction of sp³-hybridized carbons (Fsp3) is 0.0667. The Morgan fingerprint density at radius 1 is 1.27 bits per heavy atom. The third-order valence-electron chi connectivity index (χ3n) is 3.32. The van der Waals surface area contributed by atoms with E-state index in [1.54, 1.807) is 12.1 Å². The van der Waals surface area contributed by atoms with Crippen molar-refractivity contribution in [3.8, 4) is 0 Å². The highest BCUT2D eigenvalue weighted by Crippen LogP contribution is 2.16. The fourth-order valence-corrected chi connectivity index (χ4v) is 2.27. The number of non-ortho nitro benzene ring substituents is 1. The lowest BCUT2D eigenvalue weighted by Crippen LogP contribution is -2.09. The highest BCUT2D eigenvalue weighted by Gasteiger charge is 2.12. The molecule has 3 aromatic rings. The number of rotatable bonds is 4. The van der Waals surface area contributed by atoms with Gasteiger partial charge in [0, 0.05) is 17.7 Å². The minimum atomic E-state index is -0.446. The molecule has 0 aliphatic heterocycles. The number of aromatic amines is 1. The third-order valence-corrected chi connectivity index (χ3v) is 3.32. The summed E-state index contributed by atoms with van der Waals surface area (Å²) >= 11 is 0. The molecular formula is C15H13N5O2. The zero-order valence-electron chi connectivity index (χ0n) is 11.6. The van der Waals surface area contributed by atoms with E-state index in [2.05, 4.69) is 15.1 Å². The summed E-state index contributed by atoms with van der Waals surface area (Å²) < 4.78 is 0. The molecule has 0 amide bonds. The molecule has 0 fully saturated rings. The number of fused-ring (bicyclic) bond motifs is 1. The highest BCUT2D eigenvalue weighted by molar-refractivity contribution is 6.02. The van der Waals surface area contributed by atoms with Gasteiger partial charge < -0.3 is 10.8 Å². The van der Waals surface area contributed by atoms with Crippen molar-refractivity contribution in [3.05, 3.63) is 70.0 Å². The highest BCUT2D eigenvalue weighted by atomic mass is 16.6. The number of H-pyrrole nitrogens is 1. The second-order valence-corrected chi connectivity index (χ2v) is 4.76. The van der Waals surface area contributed by atoms with Crippen LogP contribution in [0.2, 0.25) is 0 Å². The number of imidazole rings is 1. The van der Waals surface area contributed by atoms with Crippen LogP contribution in [-0.2, 0) is 6.42 Å². The normalized spacial score (nSPS) is 11.7. The molecule has 0 atom stereocenters. The zero-order chi connectivity index (χ0) is 15.5. The molecule has 7 nitrogen and oxygen atoms in total. The predicted molar refractivity (Wildman–Crippen MR) is 83.6 cm³/mol. The van der Waals surface area contributed by atoms with Gasteiger partial charge in [-0.25, -0.2) is 4.98 Å². The molecule has 0 saturated carbocycles. The first-order valence-corrected chi connectivity index (χ1v) is 6.62. The molecule has 2 aromatic carbocycles. The summed E-state index contributed by atoms with van der Waals surface area (Å²) in [5, 5.41) is 14.6. The van der Waals surface area contributed by atoms with E-state index in [1.165, 1.54) is 12.1 Å². The van der Waals surface area contributed by atoms with Gasteiger partial charge in [-0.05, 0) is 12.1 Å². The molecule has 22 heavy (non-hydrogen) atoms. The number of hydrogen-bond acceptors (Lipinski definition) is 5. The Bertz CT molecular complexity index is 836. The minimum absolute atomic E-state index is 0.00301. The lowest BCUT2D eigenvalue weighted by molar-refractivity contribution is -0.384. The Balaban J connectivity index is 1.91. The number of benzene rings is 2. The molecule has 0 aliphatic carbocycles. The lowest BCUT2D eigenvalue weighted by Gasteiger charge is -2.03. The maximum atomic E-state index is 10.9. The largest absolute Gasteiger partial charge is 0.342 e. The van der Waals surface area contributed by atoms with Crippen LogP contribution in [-0.4, -0.2) is 20.6 Å². The second-order valence-electron chi connectivity index (χ2n) is 4.76. The van der Waals surface area contributed by atoms with E-state index < -0.39 is 4.92 Å². The van der Waals surface area contributed by atoms with Crippen LogP contribution in [0.4, 0.5) is 5.69 Å². The smallest absolute Gasteiger partial charge is 0.270 e. The van der Waals surface area contributed by atoms with Gasteiger partial charge in [-0.3, -0.25) is 10.1 Å². The first-order valence-electron chi connectivity index (χ1n) is 6.62. The van der Waals surface area contributed by atoms with Crippen LogP contribution >= 0.6 is 0 Å². The minimum Gasteiger partial charge on any atom is -0.342 e. The van der Waals surface area contributed by atoms with Gasteiger partial charge in [0.25, 0.3) is 5.69 Å². The summed E-state index contributed by atoms with van der Waals surface area (Å²) in [4.78, 5) is 18.1. The lowest BCUT2D eigenvalue weighted by atomic mass is 10.1. The SMILES string of the molecule is N/N=C(/Cc1nc2ccccc2[nH]1)c1cccc([N+](=O)[O-])c1. The number of aromatic nitrogens is 2. The van der Waals surface area contributed by atoms with Crippen LogP contribution in [0.5, 0.6) is 0 Å². The van der Waals surface area contributed by atoms with Crippen molar-refractivity contribution < 1.29 is 4.92 Å². The molecule has 0 aliphatic rings. The van der Waals surface area contributed by atoms with Crippen LogP contribution in [0.1, 0.15) is 11.4 Å². The quantitative estimate of drug-likeness (QED) is 0.333. The van der Waals surface area contributed by atoms with Gasteiger partial charge in [0.15, 0.2) is 0 Å². The topological polar surface area (TPSA) is 110 Å². The van der Waals surface area contributed by atoms with Crippen LogP contribution in [0.25, 0.3) is 11.0 Å². The van der Waals surface area contributed by atoms with E-state index in [0.717, 1.165) is 11.0 Å². The number of nitrogens with one attached hydrogen (secondary N) is 1. The van der Waals surface area contributed by atoms with Gasteiger partial charge in [0.05, 0.1) is 28.1 Å². The summed E-state index contributed by atoms with van der Waals surface area (Å²) in [6.07, 6.45) is 0.367. The van der Waals surface area contributed by atoms with Gasteiger partial charge >= 0.3 is 0 Å². The van der Waals surface area contributed by atoms with E-state index >= 15 is 0 Å². The molecule has 0 spiro atoms. The second kappa shape index (κ2) is 5.65. The molecule has 3 N–H and O–H groups in total. The number of nitrogens with zero attached hydrogens (tertiary/aromatic N) is 3. The number of nitrogens with two attached hydrogens (primary N) is 1. The summed E-state index contributed by atoms with van der Waals surface area (Å²) in [7, 11) is 0. The number of hydrogen-bond donors (Lipinski definition) is 2. The number of hydrazone groups is 1. The van der Waals surface area contributed by atoms with E-state index in [9.17, 15) is 10.1 Å². The first kappa shape index (κ1) is 13.7. The summed E-state index contributed by atoms with van der Waals surface area (Å²) in [5.41, 5.74) is 2.92. The maximum Gasteiger partial charge on any atom is 0.270 e. The molecule has 0 unspecified atom stereocenters. The van der Waals surface area contributed by atoms with Crippen LogP contribution in [0, 0.1) is 10.1 Å². The van der Waals surface area contributed by atoms with Crippen molar-refractivity contribution in [2.75, 3.05) is 0 Å². The predicted octanol–water partition coefficient (Wildman–Crippen LogP) is 2.38.